The van der Waals surface area contributed by atoms with Crippen molar-refractivity contribution >= 4 is 17.0 Å². The van der Waals surface area contributed by atoms with E-state index in [1.807, 2.05) is 0 Å². The smallest absolute Gasteiger partial charge is 0.258 e. The highest BCUT2D eigenvalue weighted by Crippen LogP contribution is 2.67. The molecule has 3 fully saturated rings. The van der Waals surface area contributed by atoms with E-state index < -0.39 is 0 Å². The standard InChI is InChI=1S/C24H21FN4O5/c1-14-2-3-15(6-17(14)25)32-9-20(30)27-24-11-23(12-24,13-24)22-29-28-21(34-22)10-33-16-7-19-18(26-8-16)4-5-31-19/h2-8H,9-13H2,1H3,(H,27,30). The van der Waals surface area contributed by atoms with E-state index in [1.54, 1.807) is 43.6 Å². The zero-order valence-electron chi connectivity index (χ0n) is 18.3. The SMILES string of the molecule is Cc1ccc(OCC(=O)NC23CC(c4nnc(COc5cnc6ccoc6c5)o4)(C2)C3)cc1F. The van der Waals surface area contributed by atoms with Gasteiger partial charge in [-0.1, -0.05) is 6.07 Å². The molecule has 1 amide bonds. The number of ether oxygens (including phenoxy) is 2. The Balaban J connectivity index is 0.995. The fraction of sp³-hybridized carbons (Fsp3) is 0.333. The van der Waals surface area contributed by atoms with Gasteiger partial charge in [0.1, 0.15) is 22.8 Å². The zero-order valence-corrected chi connectivity index (χ0v) is 18.3. The van der Waals surface area contributed by atoms with E-state index in [0.29, 0.717) is 34.4 Å². The van der Waals surface area contributed by atoms with Crippen molar-refractivity contribution in [1.29, 1.82) is 0 Å². The Hall–Kier alpha value is -3.95. The normalized spacial score (nSPS) is 22.6. The first-order valence-corrected chi connectivity index (χ1v) is 10.9. The summed E-state index contributed by atoms with van der Waals surface area (Å²) in [6.45, 7) is 1.62. The second kappa shape index (κ2) is 7.54. The molecule has 3 saturated carbocycles. The summed E-state index contributed by atoms with van der Waals surface area (Å²) < 4.78 is 35.9. The molecule has 1 N–H and O–H groups in total. The predicted molar refractivity (Wildman–Crippen MR) is 116 cm³/mol. The van der Waals surface area contributed by atoms with Gasteiger partial charge in [-0.25, -0.2) is 9.37 Å². The maximum absolute atomic E-state index is 13.6. The number of halogens is 1. The molecule has 4 aromatic rings. The van der Waals surface area contributed by atoms with Crippen LogP contribution in [0.5, 0.6) is 11.5 Å². The number of pyridine rings is 1. The summed E-state index contributed by atoms with van der Waals surface area (Å²) in [7, 11) is 0. The molecule has 0 radical (unpaired) electrons. The minimum absolute atomic E-state index is 0.121. The van der Waals surface area contributed by atoms with Crippen molar-refractivity contribution in [3.63, 3.8) is 0 Å². The molecule has 174 valence electrons. The summed E-state index contributed by atoms with van der Waals surface area (Å²) in [6.07, 6.45) is 5.37. The molecule has 10 heteroatoms. The summed E-state index contributed by atoms with van der Waals surface area (Å²) in [5.41, 5.74) is 1.45. The number of amides is 1. The van der Waals surface area contributed by atoms with Gasteiger partial charge >= 0.3 is 0 Å². The number of carbonyl (C=O) groups is 1. The van der Waals surface area contributed by atoms with Gasteiger partial charge in [-0.2, -0.15) is 0 Å². The van der Waals surface area contributed by atoms with E-state index in [4.69, 9.17) is 18.3 Å². The summed E-state index contributed by atoms with van der Waals surface area (Å²) in [5, 5.41) is 11.3. The van der Waals surface area contributed by atoms with Gasteiger partial charge in [-0.3, -0.25) is 4.79 Å². The van der Waals surface area contributed by atoms with Gasteiger partial charge in [0, 0.05) is 23.7 Å². The number of benzene rings is 1. The average molecular weight is 464 g/mol. The highest BCUT2D eigenvalue weighted by molar-refractivity contribution is 5.79. The third-order valence-electron chi connectivity index (χ3n) is 6.51. The lowest BCUT2D eigenvalue weighted by atomic mass is 9.39. The van der Waals surface area contributed by atoms with Gasteiger partial charge in [0.25, 0.3) is 11.8 Å². The van der Waals surface area contributed by atoms with Gasteiger partial charge in [-0.15, -0.1) is 10.2 Å². The first-order valence-electron chi connectivity index (χ1n) is 10.9. The van der Waals surface area contributed by atoms with Crippen LogP contribution >= 0.6 is 0 Å². The van der Waals surface area contributed by atoms with Gasteiger partial charge in [0.2, 0.25) is 5.89 Å². The number of furan rings is 1. The minimum atomic E-state index is -0.362. The van der Waals surface area contributed by atoms with Crippen LogP contribution in [0.15, 0.2) is 51.6 Å². The molecule has 7 rings (SSSR count). The van der Waals surface area contributed by atoms with Crippen LogP contribution in [0.3, 0.4) is 0 Å². The summed E-state index contributed by atoms with van der Waals surface area (Å²) in [5.74, 6) is 1.21. The molecule has 2 bridgehead atoms. The molecule has 3 heterocycles. The lowest BCUT2D eigenvalue weighted by Gasteiger charge is -2.68. The van der Waals surface area contributed by atoms with E-state index >= 15 is 0 Å². The second-order valence-corrected chi connectivity index (χ2v) is 9.10. The van der Waals surface area contributed by atoms with Crippen LogP contribution in [-0.4, -0.2) is 33.2 Å². The molecular formula is C24H21FN4O5. The van der Waals surface area contributed by atoms with Crippen LogP contribution in [-0.2, 0) is 16.8 Å². The maximum atomic E-state index is 13.6. The van der Waals surface area contributed by atoms with Crippen molar-refractivity contribution in [2.45, 2.75) is 43.7 Å². The van der Waals surface area contributed by atoms with Gasteiger partial charge in [0.05, 0.1) is 17.9 Å². The molecule has 3 aliphatic carbocycles. The van der Waals surface area contributed by atoms with E-state index in [1.165, 1.54) is 6.07 Å². The maximum Gasteiger partial charge on any atom is 0.258 e. The number of fused-ring (bicyclic) bond motifs is 1. The van der Waals surface area contributed by atoms with Crippen molar-refractivity contribution in [2.24, 2.45) is 0 Å². The molecule has 0 unspecified atom stereocenters. The Bertz CT molecular complexity index is 1380. The Kier molecular flexibility index (Phi) is 4.58. The summed E-state index contributed by atoms with van der Waals surface area (Å²) in [6, 6.07) is 8.07. The number of aromatic nitrogens is 3. The van der Waals surface area contributed by atoms with Crippen molar-refractivity contribution in [3.05, 3.63) is 66.0 Å². The third-order valence-corrected chi connectivity index (χ3v) is 6.51. The van der Waals surface area contributed by atoms with Gasteiger partial charge < -0.3 is 23.6 Å². The zero-order chi connectivity index (χ0) is 23.3. The number of hydrogen-bond acceptors (Lipinski definition) is 8. The molecule has 3 aromatic heterocycles. The number of aryl methyl sites for hydroxylation is 1. The number of nitrogens with one attached hydrogen (secondary N) is 1. The topological polar surface area (TPSA) is 113 Å². The molecule has 0 atom stereocenters. The largest absolute Gasteiger partial charge is 0.484 e. The quantitative estimate of drug-likeness (QED) is 0.421. The van der Waals surface area contributed by atoms with Crippen LogP contribution in [0, 0.1) is 12.7 Å². The monoisotopic (exact) mass is 464 g/mol. The van der Waals surface area contributed by atoms with Crippen LogP contribution in [0.1, 0.15) is 36.6 Å². The lowest BCUT2D eigenvalue weighted by molar-refractivity contribution is -0.143. The number of rotatable bonds is 8. The fourth-order valence-corrected chi connectivity index (χ4v) is 4.87. The summed E-state index contributed by atoms with van der Waals surface area (Å²) >= 11 is 0. The highest BCUT2D eigenvalue weighted by atomic mass is 19.1. The molecule has 1 aromatic carbocycles. The first kappa shape index (κ1) is 20.6. The van der Waals surface area contributed by atoms with Crippen LogP contribution in [0.4, 0.5) is 4.39 Å². The molecule has 0 spiro atoms. The third kappa shape index (κ3) is 3.55. The molecule has 3 aliphatic rings. The molecule has 0 saturated heterocycles. The molecule has 9 nitrogen and oxygen atoms in total. The molecular weight excluding hydrogens is 443 g/mol. The second-order valence-electron chi connectivity index (χ2n) is 9.10. The molecule has 34 heavy (non-hydrogen) atoms. The number of nitrogens with zero attached hydrogens (tertiary/aromatic N) is 3. The van der Waals surface area contributed by atoms with Crippen molar-refractivity contribution in [3.8, 4) is 11.5 Å². The Morgan fingerprint density at radius 3 is 2.82 bits per heavy atom. The van der Waals surface area contributed by atoms with Crippen LogP contribution in [0.25, 0.3) is 11.1 Å². The summed E-state index contributed by atoms with van der Waals surface area (Å²) in [4.78, 5) is 16.6. The van der Waals surface area contributed by atoms with Crippen molar-refractivity contribution in [1.82, 2.24) is 20.5 Å². The van der Waals surface area contributed by atoms with E-state index in [9.17, 15) is 9.18 Å². The molecule has 0 aliphatic heterocycles. The number of hydrogen-bond donors (Lipinski definition) is 1. The Labute approximate surface area is 193 Å². The van der Waals surface area contributed by atoms with Crippen LogP contribution in [0.2, 0.25) is 0 Å². The predicted octanol–water partition coefficient (Wildman–Crippen LogP) is 3.61. The van der Waals surface area contributed by atoms with Gasteiger partial charge in [0.15, 0.2) is 18.8 Å². The Morgan fingerprint density at radius 1 is 1.15 bits per heavy atom. The minimum Gasteiger partial charge on any atom is -0.484 e. The average Bonchev–Trinajstić information content (AvgIpc) is 3.43. The van der Waals surface area contributed by atoms with E-state index in [-0.39, 0.29) is 35.9 Å². The fourth-order valence-electron chi connectivity index (χ4n) is 4.87. The van der Waals surface area contributed by atoms with Crippen molar-refractivity contribution < 1.29 is 27.5 Å². The van der Waals surface area contributed by atoms with Gasteiger partial charge in [-0.05, 0) is 37.8 Å². The highest BCUT2D eigenvalue weighted by Gasteiger charge is 2.71. The van der Waals surface area contributed by atoms with E-state index in [2.05, 4.69) is 20.5 Å². The van der Waals surface area contributed by atoms with Crippen LogP contribution < -0.4 is 14.8 Å². The lowest BCUT2D eigenvalue weighted by Crippen LogP contribution is -2.77. The Morgan fingerprint density at radius 2 is 2.00 bits per heavy atom. The van der Waals surface area contributed by atoms with E-state index in [0.717, 1.165) is 24.8 Å². The van der Waals surface area contributed by atoms with Crippen molar-refractivity contribution in [2.75, 3.05) is 6.61 Å². The first-order chi connectivity index (χ1) is 16.4. The number of carbonyl (C=O) groups excluding carboxylic acids is 1.